The van der Waals surface area contributed by atoms with Crippen molar-refractivity contribution in [2.24, 2.45) is 7.05 Å². The number of thioether (sulfide) groups is 1. The van der Waals surface area contributed by atoms with E-state index in [9.17, 15) is 9.59 Å². The number of aromatic nitrogens is 6. The Kier molecular flexibility index (Phi) is 8.22. The SMILES string of the molecule is Cc1sc2nc(CSc3ccc(Br)cc3)nc(Sc3nc4ccccc4c(=O)n3-c3c(C)n(C)n(-c4ccccc4)c3=O)c2c1C. The zero-order chi connectivity index (χ0) is 32.1. The third-order valence-electron chi connectivity index (χ3n) is 7.90. The highest BCUT2D eigenvalue weighted by atomic mass is 79.9. The van der Waals surface area contributed by atoms with E-state index in [0.29, 0.717) is 44.0 Å². The summed E-state index contributed by atoms with van der Waals surface area (Å²) < 4.78 is 5.84. The van der Waals surface area contributed by atoms with Gasteiger partial charge in [0.1, 0.15) is 21.4 Å². The average Bonchev–Trinajstić information content (AvgIpc) is 3.46. The molecule has 0 amide bonds. The Morgan fingerprint density at radius 1 is 0.848 bits per heavy atom. The Hall–Kier alpha value is -3.97. The fourth-order valence-electron chi connectivity index (χ4n) is 5.35. The first-order chi connectivity index (χ1) is 22.2. The molecule has 0 radical (unpaired) electrons. The van der Waals surface area contributed by atoms with Gasteiger partial charge < -0.3 is 0 Å². The van der Waals surface area contributed by atoms with Gasteiger partial charge in [-0.25, -0.2) is 24.2 Å². The molecule has 7 aromatic rings. The van der Waals surface area contributed by atoms with Crippen LogP contribution in [0.15, 0.2) is 108 Å². The van der Waals surface area contributed by atoms with Gasteiger partial charge in [-0.15, -0.1) is 23.1 Å². The van der Waals surface area contributed by atoms with Gasteiger partial charge in [0.05, 0.1) is 28.0 Å². The molecule has 12 heteroatoms. The topological polar surface area (TPSA) is 87.6 Å². The van der Waals surface area contributed by atoms with E-state index in [1.807, 2.05) is 74.6 Å². The molecule has 7 rings (SSSR count). The van der Waals surface area contributed by atoms with E-state index in [1.165, 1.54) is 16.3 Å². The van der Waals surface area contributed by atoms with E-state index in [1.54, 1.807) is 38.5 Å². The summed E-state index contributed by atoms with van der Waals surface area (Å²) in [5, 5.41) is 2.43. The van der Waals surface area contributed by atoms with Crippen LogP contribution in [-0.2, 0) is 12.8 Å². The molecule has 0 saturated heterocycles. The van der Waals surface area contributed by atoms with Crippen LogP contribution in [0, 0.1) is 20.8 Å². The number of fused-ring (bicyclic) bond motifs is 2. The second-order valence-corrected chi connectivity index (χ2v) is 14.8. The van der Waals surface area contributed by atoms with Crippen molar-refractivity contribution in [3.63, 3.8) is 0 Å². The third kappa shape index (κ3) is 5.42. The predicted octanol–water partition coefficient (Wildman–Crippen LogP) is 8.01. The monoisotopic (exact) mass is 726 g/mol. The number of para-hydroxylation sites is 2. The minimum Gasteiger partial charge on any atom is -0.283 e. The van der Waals surface area contributed by atoms with Crippen LogP contribution in [-0.4, -0.2) is 28.9 Å². The molecule has 3 aromatic carbocycles. The van der Waals surface area contributed by atoms with Gasteiger partial charge in [0.15, 0.2) is 5.16 Å². The Labute approximate surface area is 285 Å². The molecule has 0 aliphatic rings. The molecule has 0 fully saturated rings. The molecule has 230 valence electrons. The van der Waals surface area contributed by atoms with Crippen LogP contribution in [0.25, 0.3) is 32.5 Å². The third-order valence-corrected chi connectivity index (χ3v) is 11.5. The summed E-state index contributed by atoms with van der Waals surface area (Å²) in [5.41, 5.74) is 2.62. The lowest BCUT2D eigenvalue weighted by Crippen LogP contribution is -2.28. The van der Waals surface area contributed by atoms with E-state index < -0.39 is 0 Å². The van der Waals surface area contributed by atoms with Gasteiger partial charge >= 0.3 is 0 Å². The molecule has 0 spiro atoms. The Bertz CT molecular complexity index is 2400. The molecule has 4 heterocycles. The first kappa shape index (κ1) is 30.7. The van der Waals surface area contributed by atoms with E-state index in [4.69, 9.17) is 15.0 Å². The minimum atomic E-state index is -0.311. The van der Waals surface area contributed by atoms with Crippen molar-refractivity contribution < 1.29 is 0 Å². The largest absolute Gasteiger partial charge is 0.296 e. The van der Waals surface area contributed by atoms with Gasteiger partial charge in [0, 0.05) is 26.7 Å². The van der Waals surface area contributed by atoms with Crippen molar-refractivity contribution in [3.05, 3.63) is 126 Å². The normalized spacial score (nSPS) is 11.6. The first-order valence-corrected chi connectivity index (χ1v) is 17.8. The Morgan fingerprint density at radius 3 is 2.33 bits per heavy atom. The van der Waals surface area contributed by atoms with Crippen LogP contribution in [0.2, 0.25) is 0 Å². The molecule has 0 N–H and O–H groups in total. The molecule has 0 aliphatic heterocycles. The smallest absolute Gasteiger partial charge is 0.283 e. The minimum absolute atomic E-state index is 0.256. The lowest BCUT2D eigenvalue weighted by molar-refractivity contribution is 0.630. The van der Waals surface area contributed by atoms with Crippen molar-refractivity contribution in [3.8, 4) is 11.4 Å². The van der Waals surface area contributed by atoms with Crippen LogP contribution in [0.5, 0.6) is 0 Å². The maximum atomic E-state index is 14.3. The van der Waals surface area contributed by atoms with E-state index in [-0.39, 0.29) is 16.8 Å². The summed E-state index contributed by atoms with van der Waals surface area (Å²) in [6, 6.07) is 24.8. The number of hydrogen-bond donors (Lipinski definition) is 0. The second kappa shape index (κ2) is 12.3. The number of benzene rings is 3. The molecular weight excluding hydrogens is 701 g/mol. The van der Waals surface area contributed by atoms with Crippen molar-refractivity contribution in [2.75, 3.05) is 0 Å². The van der Waals surface area contributed by atoms with Gasteiger partial charge in [0.2, 0.25) is 0 Å². The van der Waals surface area contributed by atoms with E-state index in [0.717, 1.165) is 30.0 Å². The zero-order valence-corrected chi connectivity index (χ0v) is 29.4. The predicted molar refractivity (Wildman–Crippen MR) is 191 cm³/mol. The molecule has 46 heavy (non-hydrogen) atoms. The summed E-state index contributed by atoms with van der Waals surface area (Å²) >= 11 is 8.08. The lowest BCUT2D eigenvalue weighted by Gasteiger charge is -2.13. The number of nitrogens with zero attached hydrogens (tertiary/aromatic N) is 6. The van der Waals surface area contributed by atoms with Crippen LogP contribution >= 0.6 is 50.8 Å². The number of hydrogen-bond acceptors (Lipinski definition) is 8. The average molecular weight is 728 g/mol. The molecule has 0 saturated carbocycles. The fourth-order valence-corrected chi connectivity index (χ4v) is 8.56. The molecular formula is C34H27BrN6O2S3. The summed E-state index contributed by atoms with van der Waals surface area (Å²) in [7, 11) is 1.82. The van der Waals surface area contributed by atoms with Gasteiger partial charge in [-0.3, -0.25) is 14.3 Å². The van der Waals surface area contributed by atoms with E-state index in [2.05, 4.69) is 41.9 Å². The Morgan fingerprint density at radius 2 is 1.57 bits per heavy atom. The molecule has 0 bridgehead atoms. The lowest BCUT2D eigenvalue weighted by atomic mass is 10.2. The quantitative estimate of drug-likeness (QED) is 0.0934. The highest BCUT2D eigenvalue weighted by Crippen LogP contribution is 2.39. The highest BCUT2D eigenvalue weighted by molar-refractivity contribution is 9.10. The van der Waals surface area contributed by atoms with Crippen LogP contribution in [0.4, 0.5) is 0 Å². The Balaban J connectivity index is 1.42. The van der Waals surface area contributed by atoms with Gasteiger partial charge in [-0.2, -0.15) is 0 Å². The summed E-state index contributed by atoms with van der Waals surface area (Å²) in [6.07, 6.45) is 0. The molecule has 0 unspecified atom stereocenters. The van der Waals surface area contributed by atoms with Gasteiger partial charge in [0.25, 0.3) is 11.1 Å². The number of halogens is 1. The molecule has 0 atom stereocenters. The maximum Gasteiger partial charge on any atom is 0.296 e. The summed E-state index contributed by atoms with van der Waals surface area (Å²) in [4.78, 5) is 46.6. The van der Waals surface area contributed by atoms with Crippen molar-refractivity contribution >= 4 is 71.9 Å². The first-order valence-electron chi connectivity index (χ1n) is 14.4. The van der Waals surface area contributed by atoms with Crippen molar-refractivity contribution in [1.82, 2.24) is 28.9 Å². The van der Waals surface area contributed by atoms with Crippen molar-refractivity contribution in [1.29, 1.82) is 0 Å². The van der Waals surface area contributed by atoms with Crippen LogP contribution < -0.4 is 11.1 Å². The second-order valence-electron chi connectivity index (χ2n) is 10.7. The van der Waals surface area contributed by atoms with E-state index >= 15 is 0 Å². The number of aryl methyl sites for hydroxylation is 2. The maximum absolute atomic E-state index is 14.3. The molecule has 0 aliphatic carbocycles. The van der Waals surface area contributed by atoms with Gasteiger partial charge in [-0.1, -0.05) is 46.3 Å². The molecule has 4 aromatic heterocycles. The number of rotatable bonds is 7. The summed E-state index contributed by atoms with van der Waals surface area (Å²) in [6.45, 7) is 5.99. The van der Waals surface area contributed by atoms with Crippen molar-refractivity contribution in [2.45, 2.75) is 41.6 Å². The zero-order valence-electron chi connectivity index (χ0n) is 25.3. The van der Waals surface area contributed by atoms with Crippen LogP contribution in [0.3, 0.4) is 0 Å². The highest BCUT2D eigenvalue weighted by Gasteiger charge is 2.25. The summed E-state index contributed by atoms with van der Waals surface area (Å²) in [5.74, 6) is 1.25. The molecule has 8 nitrogen and oxygen atoms in total. The standard InChI is InChI=1S/C34H27BrN6O2S3/c1-19-21(3)45-30-28(19)31(38-27(37-30)18-44-24-16-14-22(35)15-17-24)46-34-36-26-13-9-8-12-25(26)32(42)40(34)29-20(2)39(4)41(33(29)43)23-10-6-5-7-11-23/h5-17H,18H2,1-4H3. The van der Waals surface area contributed by atoms with Gasteiger partial charge in [-0.05, 0) is 86.6 Å². The van der Waals surface area contributed by atoms with Crippen LogP contribution in [0.1, 0.15) is 22.0 Å². The number of thiophene rings is 1. The fraction of sp³-hybridized carbons (Fsp3) is 0.147.